The highest BCUT2D eigenvalue weighted by atomic mass is 16.3. The van der Waals surface area contributed by atoms with Crippen LogP contribution in [-0.2, 0) is 0 Å². The van der Waals surface area contributed by atoms with Crippen molar-refractivity contribution in [2.45, 2.75) is 53.4 Å². The molecule has 0 radical (unpaired) electrons. The molecule has 5 nitrogen and oxygen atoms in total. The van der Waals surface area contributed by atoms with Gasteiger partial charge in [0, 0.05) is 32.8 Å². The summed E-state index contributed by atoms with van der Waals surface area (Å²) in [4.78, 5) is 7.33. The Bertz CT molecular complexity index is 340. The fourth-order valence-corrected chi connectivity index (χ4v) is 3.45. The first kappa shape index (κ1) is 21.2. The second-order valence-corrected chi connectivity index (χ2v) is 7.72. The van der Waals surface area contributed by atoms with Crippen LogP contribution in [0.5, 0.6) is 0 Å². The Morgan fingerprint density at radius 2 is 1.88 bits per heavy atom. The zero-order chi connectivity index (χ0) is 17.8. The molecule has 1 aliphatic heterocycles. The fraction of sp³-hybridized carbons (Fsp3) is 0.947. The summed E-state index contributed by atoms with van der Waals surface area (Å²) in [6.45, 7) is 15.4. The quantitative estimate of drug-likeness (QED) is 0.399. The van der Waals surface area contributed by atoms with E-state index in [1.807, 2.05) is 0 Å². The minimum atomic E-state index is 0.264. The number of hydrogen-bond donors (Lipinski definition) is 3. The summed E-state index contributed by atoms with van der Waals surface area (Å²) in [7, 11) is 0. The van der Waals surface area contributed by atoms with E-state index in [0.717, 1.165) is 45.0 Å². The number of hydrogen-bond acceptors (Lipinski definition) is 3. The van der Waals surface area contributed by atoms with Crippen LogP contribution < -0.4 is 10.6 Å². The zero-order valence-corrected chi connectivity index (χ0v) is 16.4. The molecule has 0 aliphatic carbocycles. The Labute approximate surface area is 149 Å². The number of guanidine groups is 1. The van der Waals surface area contributed by atoms with Crippen molar-refractivity contribution in [3.8, 4) is 0 Å². The third-order valence-electron chi connectivity index (χ3n) is 4.57. The summed E-state index contributed by atoms with van der Waals surface area (Å²) < 4.78 is 0. The monoisotopic (exact) mass is 340 g/mol. The molecule has 0 amide bonds. The number of rotatable bonds is 11. The van der Waals surface area contributed by atoms with Crippen molar-refractivity contribution in [3.63, 3.8) is 0 Å². The Hall–Kier alpha value is -0.810. The van der Waals surface area contributed by atoms with Gasteiger partial charge in [0.25, 0.3) is 0 Å². The maximum Gasteiger partial charge on any atom is 0.191 e. The molecule has 1 fully saturated rings. The molecular weight excluding hydrogens is 300 g/mol. The number of aliphatic imine (C=N–C) groups is 1. The number of aliphatic hydroxyl groups excluding tert-OH is 1. The maximum absolute atomic E-state index is 9.25. The minimum absolute atomic E-state index is 0.264. The van der Waals surface area contributed by atoms with E-state index in [2.05, 4.69) is 43.2 Å². The van der Waals surface area contributed by atoms with Crippen LogP contribution in [0.25, 0.3) is 0 Å². The molecule has 0 aromatic carbocycles. The Morgan fingerprint density at radius 3 is 2.46 bits per heavy atom. The third kappa shape index (κ3) is 9.48. The smallest absolute Gasteiger partial charge is 0.191 e. The molecule has 142 valence electrons. The highest BCUT2D eigenvalue weighted by Gasteiger charge is 2.15. The molecule has 0 bridgehead atoms. The highest BCUT2D eigenvalue weighted by Crippen LogP contribution is 2.14. The summed E-state index contributed by atoms with van der Waals surface area (Å²) >= 11 is 0. The second kappa shape index (κ2) is 12.5. The first-order valence-corrected chi connectivity index (χ1v) is 9.90. The average Bonchev–Trinajstić information content (AvgIpc) is 3.02. The third-order valence-corrected chi connectivity index (χ3v) is 4.57. The Balaban J connectivity index is 2.41. The molecule has 2 unspecified atom stereocenters. The molecule has 0 spiro atoms. The molecular formula is C19H40N4O. The summed E-state index contributed by atoms with van der Waals surface area (Å²) in [5.41, 5.74) is 0. The number of aliphatic hydroxyl groups is 1. The van der Waals surface area contributed by atoms with Gasteiger partial charge in [-0.3, -0.25) is 4.99 Å². The second-order valence-electron chi connectivity index (χ2n) is 7.72. The van der Waals surface area contributed by atoms with Crippen LogP contribution in [0.15, 0.2) is 4.99 Å². The van der Waals surface area contributed by atoms with E-state index in [9.17, 15) is 5.11 Å². The van der Waals surface area contributed by atoms with Gasteiger partial charge in [-0.2, -0.15) is 0 Å². The molecule has 1 rings (SSSR count). The van der Waals surface area contributed by atoms with Crippen LogP contribution in [0.2, 0.25) is 0 Å². The molecule has 0 aromatic heterocycles. The van der Waals surface area contributed by atoms with Gasteiger partial charge in [0.1, 0.15) is 0 Å². The van der Waals surface area contributed by atoms with E-state index >= 15 is 0 Å². The van der Waals surface area contributed by atoms with Crippen molar-refractivity contribution in [1.82, 2.24) is 15.5 Å². The predicted molar refractivity (Wildman–Crippen MR) is 103 cm³/mol. The van der Waals surface area contributed by atoms with Gasteiger partial charge in [-0.1, -0.05) is 20.8 Å². The molecule has 0 saturated carbocycles. The molecule has 3 N–H and O–H groups in total. The van der Waals surface area contributed by atoms with Gasteiger partial charge in [0.05, 0.1) is 0 Å². The molecule has 1 heterocycles. The van der Waals surface area contributed by atoms with Crippen LogP contribution in [0.1, 0.15) is 53.4 Å². The van der Waals surface area contributed by atoms with Crippen molar-refractivity contribution >= 4 is 5.96 Å². The lowest BCUT2D eigenvalue weighted by Gasteiger charge is -2.21. The van der Waals surface area contributed by atoms with E-state index in [1.54, 1.807) is 0 Å². The first-order valence-electron chi connectivity index (χ1n) is 9.90. The Morgan fingerprint density at radius 1 is 1.17 bits per heavy atom. The predicted octanol–water partition coefficient (Wildman–Crippen LogP) is 2.32. The number of nitrogens with one attached hydrogen (secondary N) is 2. The van der Waals surface area contributed by atoms with E-state index in [4.69, 9.17) is 4.99 Å². The summed E-state index contributed by atoms with van der Waals surface area (Å²) in [6, 6.07) is 0. The lowest BCUT2D eigenvalue weighted by molar-refractivity contribution is 0.243. The van der Waals surface area contributed by atoms with Crippen molar-refractivity contribution in [2.24, 2.45) is 22.7 Å². The van der Waals surface area contributed by atoms with Crippen LogP contribution in [0, 0.1) is 17.8 Å². The van der Waals surface area contributed by atoms with E-state index < -0.39 is 0 Å². The van der Waals surface area contributed by atoms with E-state index in [-0.39, 0.29) is 6.61 Å². The van der Waals surface area contributed by atoms with Crippen LogP contribution in [0.4, 0.5) is 0 Å². The van der Waals surface area contributed by atoms with E-state index in [1.165, 1.54) is 25.9 Å². The van der Waals surface area contributed by atoms with Gasteiger partial charge in [0.15, 0.2) is 5.96 Å². The molecule has 5 heteroatoms. The van der Waals surface area contributed by atoms with Crippen molar-refractivity contribution in [2.75, 3.05) is 45.9 Å². The van der Waals surface area contributed by atoms with Crippen LogP contribution >= 0.6 is 0 Å². The molecule has 2 atom stereocenters. The van der Waals surface area contributed by atoms with Crippen LogP contribution in [0.3, 0.4) is 0 Å². The van der Waals surface area contributed by atoms with Crippen molar-refractivity contribution in [3.05, 3.63) is 0 Å². The standard InChI is InChI=1S/C19H40N4O/c1-5-20-19(22-14-18(8-11-24)12-16(2)3)21-13-17(4)15-23-9-6-7-10-23/h16-18,24H,5-15H2,1-4H3,(H2,20,21,22). The van der Waals surface area contributed by atoms with E-state index in [0.29, 0.717) is 17.8 Å². The van der Waals surface area contributed by atoms with Gasteiger partial charge in [-0.05, 0) is 63.5 Å². The van der Waals surface area contributed by atoms with Gasteiger partial charge in [-0.25, -0.2) is 0 Å². The fourth-order valence-electron chi connectivity index (χ4n) is 3.45. The summed E-state index contributed by atoms with van der Waals surface area (Å²) in [5.74, 6) is 2.66. The molecule has 0 aromatic rings. The minimum Gasteiger partial charge on any atom is -0.396 e. The maximum atomic E-state index is 9.25. The van der Waals surface area contributed by atoms with Crippen LogP contribution in [-0.4, -0.2) is 61.8 Å². The molecule has 1 saturated heterocycles. The topological polar surface area (TPSA) is 59.9 Å². The first-order chi connectivity index (χ1) is 11.5. The van der Waals surface area contributed by atoms with Gasteiger partial charge in [-0.15, -0.1) is 0 Å². The number of likely N-dealkylation sites (tertiary alicyclic amines) is 1. The molecule has 1 aliphatic rings. The SMILES string of the molecule is CCNC(=NCC(C)CN1CCCC1)NCC(CCO)CC(C)C. The molecule has 24 heavy (non-hydrogen) atoms. The number of nitrogens with zero attached hydrogens (tertiary/aromatic N) is 2. The largest absolute Gasteiger partial charge is 0.396 e. The van der Waals surface area contributed by atoms with Gasteiger partial charge < -0.3 is 20.6 Å². The lowest BCUT2D eigenvalue weighted by atomic mass is 9.94. The zero-order valence-electron chi connectivity index (χ0n) is 16.4. The summed E-state index contributed by atoms with van der Waals surface area (Å²) in [5, 5.41) is 16.1. The lowest BCUT2D eigenvalue weighted by Crippen LogP contribution is -2.40. The Kier molecular flexibility index (Phi) is 11.1. The normalized spacial score (nSPS) is 18.8. The van der Waals surface area contributed by atoms with Crippen molar-refractivity contribution < 1.29 is 5.11 Å². The average molecular weight is 341 g/mol. The summed E-state index contributed by atoms with van der Waals surface area (Å²) in [6.07, 6.45) is 4.69. The highest BCUT2D eigenvalue weighted by molar-refractivity contribution is 5.79. The van der Waals surface area contributed by atoms with Gasteiger partial charge >= 0.3 is 0 Å². The van der Waals surface area contributed by atoms with Gasteiger partial charge in [0.2, 0.25) is 0 Å². The van der Waals surface area contributed by atoms with Crippen molar-refractivity contribution in [1.29, 1.82) is 0 Å².